The summed E-state index contributed by atoms with van der Waals surface area (Å²) in [4.78, 5) is 27.2. The Morgan fingerprint density at radius 2 is 1.97 bits per heavy atom. The number of nitrogens with one attached hydrogen (secondary N) is 2. The molecule has 2 amide bonds. The molecule has 3 atom stereocenters. The summed E-state index contributed by atoms with van der Waals surface area (Å²) in [6.45, 7) is 6.30. The lowest BCUT2D eigenvalue weighted by Crippen LogP contribution is -2.61. The minimum absolute atomic E-state index is 0.0136. The van der Waals surface area contributed by atoms with Gasteiger partial charge in [0.1, 0.15) is 6.04 Å². The molecule has 0 radical (unpaired) electrons. The van der Waals surface area contributed by atoms with Crippen molar-refractivity contribution in [3.05, 3.63) is 47.2 Å². The zero-order valence-corrected chi connectivity index (χ0v) is 19.4. The molecule has 1 unspecified atom stereocenters. The molecule has 6 rings (SSSR count). The third kappa shape index (κ3) is 3.91. The standard InChI is InChI=1S/C27H35N3O3/c1-17-6-9-24(25(31)28-17)30-14-20-11-18(7-8-22(20)26(30)32)10-19-4-2-3-5-23(19)29-21-12-27(13-21)15-33-16-27/h7-8,11,19,21,23-24,29H,1-6,9-10,12-16H2,(H,28,31)/t19-,23+,24?/m1/s1. The number of rotatable bonds is 5. The van der Waals surface area contributed by atoms with E-state index in [0.717, 1.165) is 42.9 Å². The Kier molecular flexibility index (Phi) is 5.33. The molecular weight excluding hydrogens is 414 g/mol. The van der Waals surface area contributed by atoms with E-state index in [1.807, 2.05) is 6.07 Å². The molecule has 0 bridgehead atoms. The van der Waals surface area contributed by atoms with Crippen molar-refractivity contribution in [1.82, 2.24) is 15.5 Å². The van der Waals surface area contributed by atoms with E-state index in [2.05, 4.69) is 29.3 Å². The van der Waals surface area contributed by atoms with Crippen LogP contribution in [0.2, 0.25) is 0 Å². The van der Waals surface area contributed by atoms with E-state index in [-0.39, 0.29) is 11.8 Å². The van der Waals surface area contributed by atoms with E-state index in [1.54, 1.807) is 4.90 Å². The van der Waals surface area contributed by atoms with E-state index < -0.39 is 6.04 Å². The summed E-state index contributed by atoms with van der Waals surface area (Å²) >= 11 is 0. The van der Waals surface area contributed by atoms with Crippen molar-refractivity contribution in [2.45, 2.75) is 82.5 Å². The van der Waals surface area contributed by atoms with Gasteiger partial charge in [-0.3, -0.25) is 9.59 Å². The molecule has 6 nitrogen and oxygen atoms in total. The fourth-order valence-electron chi connectivity index (χ4n) is 6.84. The average molecular weight is 450 g/mol. The van der Waals surface area contributed by atoms with Crippen molar-refractivity contribution in [3.8, 4) is 0 Å². The van der Waals surface area contributed by atoms with E-state index in [9.17, 15) is 9.59 Å². The van der Waals surface area contributed by atoms with Gasteiger partial charge in [-0.25, -0.2) is 0 Å². The summed E-state index contributed by atoms with van der Waals surface area (Å²) in [5, 5.41) is 6.82. The monoisotopic (exact) mass is 449 g/mol. The minimum atomic E-state index is -0.391. The van der Waals surface area contributed by atoms with Crippen molar-refractivity contribution in [2.75, 3.05) is 13.2 Å². The Bertz CT molecular complexity index is 977. The second kappa shape index (κ2) is 8.24. The summed E-state index contributed by atoms with van der Waals surface area (Å²) in [6, 6.07) is 7.21. The Balaban J connectivity index is 1.11. The Morgan fingerprint density at radius 3 is 2.73 bits per heavy atom. The molecule has 3 aliphatic heterocycles. The summed E-state index contributed by atoms with van der Waals surface area (Å²) in [5.41, 5.74) is 4.40. The first-order chi connectivity index (χ1) is 16.0. The molecule has 4 fully saturated rings. The van der Waals surface area contributed by atoms with Gasteiger partial charge >= 0.3 is 0 Å². The van der Waals surface area contributed by atoms with Crippen LogP contribution in [0.25, 0.3) is 0 Å². The topological polar surface area (TPSA) is 70.7 Å². The van der Waals surface area contributed by atoms with E-state index in [0.29, 0.717) is 36.4 Å². The van der Waals surface area contributed by atoms with Crippen molar-refractivity contribution >= 4 is 11.8 Å². The number of hydrogen-bond acceptors (Lipinski definition) is 4. The fraction of sp³-hybridized carbons (Fsp3) is 0.630. The maximum atomic E-state index is 13.0. The first-order valence-electron chi connectivity index (χ1n) is 12.7. The first kappa shape index (κ1) is 21.4. The molecule has 3 heterocycles. The van der Waals surface area contributed by atoms with Crippen molar-refractivity contribution in [1.29, 1.82) is 0 Å². The molecule has 2 N–H and O–H groups in total. The lowest BCUT2D eigenvalue weighted by molar-refractivity contribution is -0.169. The lowest BCUT2D eigenvalue weighted by atomic mass is 9.63. The zero-order valence-electron chi connectivity index (χ0n) is 19.4. The highest BCUT2D eigenvalue weighted by Gasteiger charge is 2.50. The van der Waals surface area contributed by atoms with Gasteiger partial charge in [0.15, 0.2) is 0 Å². The Hall–Kier alpha value is -2.18. The van der Waals surface area contributed by atoms with Gasteiger partial charge in [0.25, 0.3) is 5.91 Å². The van der Waals surface area contributed by atoms with Crippen molar-refractivity contribution in [3.63, 3.8) is 0 Å². The second-order valence-corrected chi connectivity index (χ2v) is 11.2. The smallest absolute Gasteiger partial charge is 0.255 e. The maximum absolute atomic E-state index is 13.0. The van der Waals surface area contributed by atoms with Gasteiger partial charge in [-0.15, -0.1) is 0 Å². The second-order valence-electron chi connectivity index (χ2n) is 11.2. The van der Waals surface area contributed by atoms with Crippen molar-refractivity contribution < 1.29 is 14.3 Å². The molecule has 5 aliphatic rings. The van der Waals surface area contributed by atoms with Gasteiger partial charge in [-0.05, 0) is 68.1 Å². The average Bonchev–Trinajstić information content (AvgIpc) is 3.06. The summed E-state index contributed by atoms with van der Waals surface area (Å²) < 4.78 is 5.44. The molecule has 0 aromatic heterocycles. The van der Waals surface area contributed by atoms with Crippen LogP contribution in [0, 0.1) is 11.3 Å². The quantitative estimate of drug-likeness (QED) is 0.724. The number of hydrogen-bond donors (Lipinski definition) is 2. The van der Waals surface area contributed by atoms with Crippen LogP contribution in [0.4, 0.5) is 0 Å². The SMILES string of the molecule is C=C1CCC(N2Cc3cc(C[C@H]4CCCC[C@@H]4NC4CC5(COC5)C4)ccc3C2=O)C(=O)N1. The number of amides is 2. The molecular formula is C27H35N3O3. The first-order valence-corrected chi connectivity index (χ1v) is 12.7. The van der Waals surface area contributed by atoms with E-state index >= 15 is 0 Å². The van der Waals surface area contributed by atoms with Gasteiger partial charge in [-0.2, -0.15) is 0 Å². The summed E-state index contributed by atoms with van der Waals surface area (Å²) in [5.74, 6) is 0.532. The number of piperidine rings is 1. The highest BCUT2D eigenvalue weighted by Crippen LogP contribution is 2.47. The molecule has 2 saturated heterocycles. The number of carbonyl (C=O) groups excluding carboxylic acids is 2. The van der Waals surface area contributed by atoms with Gasteiger partial charge < -0.3 is 20.3 Å². The largest absolute Gasteiger partial charge is 0.380 e. The van der Waals surface area contributed by atoms with Gasteiger partial charge in [0, 0.05) is 35.3 Å². The van der Waals surface area contributed by atoms with E-state index in [4.69, 9.17) is 4.74 Å². The predicted molar refractivity (Wildman–Crippen MR) is 125 cm³/mol. The Morgan fingerprint density at radius 1 is 1.15 bits per heavy atom. The molecule has 33 heavy (non-hydrogen) atoms. The molecule has 6 heteroatoms. The number of benzene rings is 1. The van der Waals surface area contributed by atoms with Gasteiger partial charge in [-0.1, -0.05) is 31.6 Å². The lowest BCUT2D eigenvalue weighted by Gasteiger charge is -2.54. The Labute approximate surface area is 196 Å². The third-order valence-corrected chi connectivity index (χ3v) is 8.73. The van der Waals surface area contributed by atoms with Crippen LogP contribution in [0.1, 0.15) is 72.9 Å². The number of allylic oxidation sites excluding steroid dienone is 1. The third-order valence-electron chi connectivity index (χ3n) is 8.73. The number of carbonyl (C=O) groups is 2. The molecule has 1 aromatic carbocycles. The minimum Gasteiger partial charge on any atom is -0.380 e. The highest BCUT2D eigenvalue weighted by atomic mass is 16.5. The molecule has 1 aromatic rings. The van der Waals surface area contributed by atoms with Crippen molar-refractivity contribution in [2.24, 2.45) is 11.3 Å². The van der Waals surface area contributed by atoms with Gasteiger partial charge in [0.05, 0.1) is 13.2 Å². The molecule has 176 valence electrons. The van der Waals surface area contributed by atoms with Crippen LogP contribution < -0.4 is 10.6 Å². The molecule has 2 aliphatic carbocycles. The maximum Gasteiger partial charge on any atom is 0.255 e. The predicted octanol–water partition coefficient (Wildman–Crippen LogP) is 3.30. The van der Waals surface area contributed by atoms with E-state index in [1.165, 1.54) is 44.1 Å². The molecule has 1 spiro atoms. The van der Waals surface area contributed by atoms with Crippen LogP contribution in [0.3, 0.4) is 0 Å². The van der Waals surface area contributed by atoms with Crippen LogP contribution >= 0.6 is 0 Å². The van der Waals surface area contributed by atoms with Crippen LogP contribution in [0.5, 0.6) is 0 Å². The zero-order chi connectivity index (χ0) is 22.6. The fourth-order valence-corrected chi connectivity index (χ4v) is 6.84. The normalized spacial score (nSPS) is 31.2. The van der Waals surface area contributed by atoms with Gasteiger partial charge in [0.2, 0.25) is 5.91 Å². The number of nitrogens with zero attached hydrogens (tertiary/aromatic N) is 1. The van der Waals surface area contributed by atoms with Crippen LogP contribution in [-0.2, 0) is 22.5 Å². The highest BCUT2D eigenvalue weighted by molar-refractivity contribution is 6.01. The van der Waals surface area contributed by atoms with Crippen LogP contribution in [-0.4, -0.2) is 48.1 Å². The summed E-state index contributed by atoms with van der Waals surface area (Å²) in [7, 11) is 0. The number of fused-ring (bicyclic) bond motifs is 1. The number of ether oxygens (including phenoxy) is 1. The summed E-state index contributed by atoms with van der Waals surface area (Å²) in [6.07, 6.45) is 10.2. The van der Waals surface area contributed by atoms with Crippen LogP contribution in [0.15, 0.2) is 30.5 Å². The molecule has 2 saturated carbocycles.